The molecule has 0 radical (unpaired) electrons. The van der Waals surface area contributed by atoms with Crippen LogP contribution in [0.2, 0.25) is 0 Å². The van der Waals surface area contributed by atoms with Gasteiger partial charge in [0.1, 0.15) is 33.5 Å². The summed E-state index contributed by atoms with van der Waals surface area (Å²) in [6.45, 7) is 11.3. The fraction of sp³-hybridized carbons (Fsp3) is 0.410. The number of nitrogens with zero attached hydrogens (tertiary/aromatic N) is 4. The van der Waals surface area contributed by atoms with E-state index in [1.54, 1.807) is 25.3 Å². The molecule has 13 heteroatoms. The number of amides is 2. The molecule has 8 rings (SSSR count). The van der Waals surface area contributed by atoms with Crippen LogP contribution < -0.4 is 20.8 Å². The fourth-order valence-electron chi connectivity index (χ4n) is 7.45. The van der Waals surface area contributed by atoms with E-state index in [1.165, 1.54) is 17.2 Å². The van der Waals surface area contributed by atoms with Crippen molar-refractivity contribution >= 4 is 50.5 Å². The molecular formula is C39H43FN6O6. The first-order valence-electron chi connectivity index (χ1n) is 17.9. The summed E-state index contributed by atoms with van der Waals surface area (Å²) < 4.78 is 36.0. The van der Waals surface area contributed by atoms with Crippen LogP contribution >= 0.6 is 0 Å². The Morgan fingerprint density at radius 2 is 1.79 bits per heavy atom. The van der Waals surface area contributed by atoms with E-state index < -0.39 is 28.8 Å². The molecule has 3 aliphatic rings. The number of aromatic nitrogens is 1. The standard InChI is InChI=1S/C39H43FN6O6/c1-39(2,3)52-38(49)42-23-10-13-45(21-23)37(48)27-22-46-29-20-31-25(24-8-5-6-9-30(24)50-31)19-32(29)51-36-33(28(40)18-26(34(36)46)35(27)47)41-11-7-12-44-16-14-43(4)15-17-44/h5-6,8-9,18-20,22-23,41H,7,10-17,21H2,1-4H3,(H,42,49). The zero-order valence-corrected chi connectivity index (χ0v) is 29.9. The second kappa shape index (κ2) is 13.1. The first kappa shape index (κ1) is 34.0. The fourth-order valence-corrected chi connectivity index (χ4v) is 7.45. The van der Waals surface area contributed by atoms with Crippen molar-refractivity contribution in [3.63, 3.8) is 0 Å². The van der Waals surface area contributed by atoms with Gasteiger partial charge in [-0.3, -0.25) is 9.59 Å². The van der Waals surface area contributed by atoms with Crippen molar-refractivity contribution in [1.82, 2.24) is 24.6 Å². The quantitative estimate of drug-likeness (QED) is 0.195. The predicted molar refractivity (Wildman–Crippen MR) is 198 cm³/mol. The zero-order chi connectivity index (χ0) is 36.3. The second-order valence-corrected chi connectivity index (χ2v) is 15.0. The van der Waals surface area contributed by atoms with E-state index in [9.17, 15) is 14.4 Å². The number of hydrogen-bond donors (Lipinski definition) is 2. The van der Waals surface area contributed by atoms with Gasteiger partial charge in [0.2, 0.25) is 5.43 Å². The van der Waals surface area contributed by atoms with E-state index in [2.05, 4.69) is 27.5 Å². The molecule has 0 bridgehead atoms. The van der Waals surface area contributed by atoms with Crippen molar-refractivity contribution in [1.29, 1.82) is 0 Å². The molecule has 3 aromatic carbocycles. The topological polar surface area (TPSA) is 122 Å². The monoisotopic (exact) mass is 710 g/mol. The normalized spacial score (nSPS) is 17.8. The van der Waals surface area contributed by atoms with Gasteiger partial charge in [-0.2, -0.15) is 0 Å². The molecular weight excluding hydrogens is 667 g/mol. The van der Waals surface area contributed by atoms with Crippen molar-refractivity contribution in [2.45, 2.75) is 45.3 Å². The molecule has 2 fully saturated rings. The maximum atomic E-state index is 16.2. The van der Waals surface area contributed by atoms with Crippen LogP contribution in [0, 0.1) is 5.82 Å². The number of carbonyl (C=O) groups excluding carboxylic acids is 2. The lowest BCUT2D eigenvalue weighted by molar-refractivity contribution is 0.0502. The number of fused-ring (bicyclic) bond motifs is 5. The Bertz CT molecular complexity index is 2290. The smallest absolute Gasteiger partial charge is 0.407 e. The van der Waals surface area contributed by atoms with E-state index >= 15 is 4.39 Å². The number of ether oxygens (including phenoxy) is 2. The number of carbonyl (C=O) groups is 2. The van der Waals surface area contributed by atoms with Crippen LogP contribution in [0.1, 0.15) is 44.0 Å². The lowest BCUT2D eigenvalue weighted by atomic mass is 10.0. The van der Waals surface area contributed by atoms with Crippen molar-refractivity contribution in [3.05, 3.63) is 70.3 Å². The van der Waals surface area contributed by atoms with Gasteiger partial charge in [0.25, 0.3) is 5.91 Å². The molecule has 2 saturated heterocycles. The van der Waals surface area contributed by atoms with Gasteiger partial charge in [-0.1, -0.05) is 18.2 Å². The summed E-state index contributed by atoms with van der Waals surface area (Å²) in [7, 11) is 2.12. The Balaban J connectivity index is 1.16. The second-order valence-electron chi connectivity index (χ2n) is 15.0. The van der Waals surface area contributed by atoms with E-state index in [-0.39, 0.29) is 35.0 Å². The third-order valence-electron chi connectivity index (χ3n) is 10.1. The Hall–Kier alpha value is -5.14. The largest absolute Gasteiger partial charge is 0.456 e. The molecule has 3 aliphatic heterocycles. The number of likely N-dealkylation sites (tertiary alicyclic amines) is 1. The van der Waals surface area contributed by atoms with Crippen LogP contribution in [0.3, 0.4) is 0 Å². The summed E-state index contributed by atoms with van der Waals surface area (Å²) in [6.07, 6.45) is 2.24. The number of hydrogen-bond acceptors (Lipinski definition) is 9. The van der Waals surface area contributed by atoms with E-state index in [0.717, 1.165) is 49.9 Å². The molecule has 2 amide bonds. The first-order chi connectivity index (χ1) is 24.9. The van der Waals surface area contributed by atoms with Crippen molar-refractivity contribution in [3.8, 4) is 17.2 Å². The van der Waals surface area contributed by atoms with Crippen LogP contribution in [0.15, 0.2) is 57.9 Å². The van der Waals surface area contributed by atoms with Crippen LogP contribution in [-0.2, 0) is 4.74 Å². The number of furan rings is 1. The summed E-state index contributed by atoms with van der Waals surface area (Å²) in [6, 6.07) is 12.2. The Morgan fingerprint density at radius 3 is 2.58 bits per heavy atom. The van der Waals surface area contributed by atoms with Crippen molar-refractivity contribution in [2.24, 2.45) is 0 Å². The summed E-state index contributed by atoms with van der Waals surface area (Å²) in [5.41, 5.74) is 1.01. The van der Waals surface area contributed by atoms with Crippen molar-refractivity contribution in [2.75, 3.05) is 64.7 Å². The van der Waals surface area contributed by atoms with Crippen LogP contribution in [0.25, 0.3) is 38.5 Å². The zero-order valence-electron chi connectivity index (χ0n) is 29.9. The minimum atomic E-state index is -0.665. The van der Waals surface area contributed by atoms with Gasteiger partial charge < -0.3 is 43.8 Å². The highest BCUT2D eigenvalue weighted by molar-refractivity contribution is 6.07. The molecule has 5 heterocycles. The number of nitrogens with one attached hydrogen (secondary N) is 2. The molecule has 0 spiro atoms. The minimum Gasteiger partial charge on any atom is -0.456 e. The summed E-state index contributed by atoms with van der Waals surface area (Å²) >= 11 is 0. The Labute approximate surface area is 300 Å². The molecule has 1 unspecified atom stereocenters. The molecule has 2 aromatic heterocycles. The third-order valence-corrected chi connectivity index (χ3v) is 10.1. The number of para-hydroxylation sites is 1. The molecule has 0 saturated carbocycles. The lowest BCUT2D eigenvalue weighted by Crippen LogP contribution is -2.44. The number of pyridine rings is 1. The summed E-state index contributed by atoms with van der Waals surface area (Å²) in [5.74, 6) is -0.525. The average molecular weight is 711 g/mol. The number of piperazine rings is 1. The van der Waals surface area contributed by atoms with Crippen LogP contribution in [0.4, 0.5) is 14.9 Å². The van der Waals surface area contributed by atoms with E-state index in [4.69, 9.17) is 13.9 Å². The van der Waals surface area contributed by atoms with E-state index in [0.29, 0.717) is 47.6 Å². The molecule has 12 nitrogen and oxygen atoms in total. The maximum absolute atomic E-state index is 16.2. The number of anilines is 1. The summed E-state index contributed by atoms with van der Waals surface area (Å²) in [4.78, 5) is 46.9. The average Bonchev–Trinajstić information content (AvgIpc) is 3.71. The maximum Gasteiger partial charge on any atom is 0.407 e. The highest BCUT2D eigenvalue weighted by atomic mass is 19.1. The SMILES string of the molecule is CN1CCN(CCCNc2c(F)cc3c(=O)c(C(=O)N4CCC(NC(=O)OC(C)(C)C)C4)cn4c3c2Oc2cc3c(cc2-4)oc2ccccc23)CC1. The molecule has 272 valence electrons. The first-order valence-corrected chi connectivity index (χ1v) is 17.9. The number of rotatable bonds is 7. The van der Waals surface area contributed by atoms with Crippen LogP contribution in [0.5, 0.6) is 11.5 Å². The van der Waals surface area contributed by atoms with Gasteiger partial charge in [-0.15, -0.1) is 0 Å². The highest BCUT2D eigenvalue weighted by Crippen LogP contribution is 2.47. The number of alkyl carbamates (subject to hydrolysis) is 1. The number of likely N-dealkylation sites (N-methyl/N-ethyl adjacent to an activating group) is 1. The summed E-state index contributed by atoms with van der Waals surface area (Å²) in [5, 5.41) is 7.85. The van der Waals surface area contributed by atoms with Gasteiger partial charge >= 0.3 is 6.09 Å². The molecule has 52 heavy (non-hydrogen) atoms. The minimum absolute atomic E-state index is 0.0271. The molecule has 0 aliphatic carbocycles. The highest BCUT2D eigenvalue weighted by Gasteiger charge is 2.34. The predicted octanol–water partition coefficient (Wildman–Crippen LogP) is 5.92. The Morgan fingerprint density at radius 1 is 1.00 bits per heavy atom. The van der Waals surface area contributed by atoms with E-state index in [1.807, 2.05) is 36.4 Å². The number of halogens is 1. The van der Waals surface area contributed by atoms with Gasteiger partial charge in [-0.05, 0) is 65.4 Å². The molecule has 1 atom stereocenters. The van der Waals surface area contributed by atoms with Gasteiger partial charge in [0.05, 0.1) is 17.1 Å². The van der Waals surface area contributed by atoms with Crippen molar-refractivity contribution < 1.29 is 27.9 Å². The van der Waals surface area contributed by atoms with Gasteiger partial charge in [0.15, 0.2) is 17.3 Å². The third kappa shape index (κ3) is 6.32. The number of benzene rings is 3. The Kier molecular flexibility index (Phi) is 8.57. The molecule has 2 N–H and O–H groups in total. The lowest BCUT2D eigenvalue weighted by Gasteiger charge is -2.32. The van der Waals surface area contributed by atoms with Crippen LogP contribution in [-0.4, -0.2) is 102 Å². The molecule has 5 aromatic rings. The van der Waals surface area contributed by atoms with Gasteiger partial charge in [0, 0.05) is 68.8 Å². The van der Waals surface area contributed by atoms with Gasteiger partial charge in [-0.25, -0.2) is 9.18 Å².